The third-order valence-electron chi connectivity index (χ3n) is 3.78. The predicted octanol–water partition coefficient (Wildman–Crippen LogP) is 2.68. The Kier molecular flexibility index (Phi) is 4.56. The van der Waals surface area contributed by atoms with Gasteiger partial charge in [-0.25, -0.2) is 0 Å². The molecule has 0 aliphatic carbocycles. The van der Waals surface area contributed by atoms with Gasteiger partial charge in [0.15, 0.2) is 0 Å². The molecule has 0 radical (unpaired) electrons. The highest BCUT2D eigenvalue weighted by Gasteiger charge is 2.34. The van der Waals surface area contributed by atoms with Gasteiger partial charge in [0.05, 0.1) is 5.56 Å². The van der Waals surface area contributed by atoms with Crippen LogP contribution in [-0.4, -0.2) is 41.9 Å². The number of amides is 1. The average Bonchev–Trinajstić information content (AvgIpc) is 2.40. The summed E-state index contributed by atoms with van der Waals surface area (Å²) in [6, 6.07) is 4.45. The molecule has 1 aromatic rings. The molecule has 1 saturated heterocycles. The minimum absolute atomic E-state index is 0.0148. The Morgan fingerprint density at radius 2 is 1.81 bits per heavy atom. The molecule has 116 valence electrons. The van der Waals surface area contributed by atoms with E-state index in [9.17, 15) is 18.0 Å². The Balaban J connectivity index is 2.09. The second kappa shape index (κ2) is 6.05. The topological polar surface area (TPSA) is 23.6 Å². The molecule has 6 heteroatoms. The third kappa shape index (κ3) is 3.97. The molecule has 0 saturated carbocycles. The van der Waals surface area contributed by atoms with Crippen LogP contribution in [0.3, 0.4) is 0 Å². The molecular formula is C15H19F3N2O. The second-order valence-electron chi connectivity index (χ2n) is 5.44. The molecule has 1 heterocycles. The molecular weight excluding hydrogens is 281 g/mol. The van der Waals surface area contributed by atoms with Crippen molar-refractivity contribution in [3.05, 3.63) is 34.9 Å². The number of aryl methyl sites for hydroxylation is 1. The zero-order valence-corrected chi connectivity index (χ0v) is 12.2. The smallest absolute Gasteiger partial charge is 0.340 e. The molecule has 0 N–H and O–H groups in total. The number of carbonyl (C=O) groups is 1. The van der Waals surface area contributed by atoms with Crippen molar-refractivity contribution in [2.24, 2.45) is 0 Å². The summed E-state index contributed by atoms with van der Waals surface area (Å²) in [5.74, 6) is 0.0148. The number of hydrogen-bond donors (Lipinski definition) is 0. The molecule has 0 atom stereocenters. The molecule has 1 amide bonds. The maximum Gasteiger partial charge on any atom is 0.416 e. The summed E-state index contributed by atoms with van der Waals surface area (Å²) in [5, 5.41) is 0. The number of rotatable bonds is 2. The van der Waals surface area contributed by atoms with Crippen LogP contribution in [0.4, 0.5) is 13.2 Å². The molecule has 1 aromatic carbocycles. The lowest BCUT2D eigenvalue weighted by Gasteiger charge is -2.34. The first kappa shape index (κ1) is 15.8. The van der Waals surface area contributed by atoms with E-state index in [0.717, 1.165) is 0 Å². The van der Waals surface area contributed by atoms with Gasteiger partial charge in [0.1, 0.15) is 0 Å². The van der Waals surface area contributed by atoms with Gasteiger partial charge in [-0.2, -0.15) is 13.2 Å². The summed E-state index contributed by atoms with van der Waals surface area (Å²) in [7, 11) is 0. The van der Waals surface area contributed by atoms with Gasteiger partial charge in [-0.3, -0.25) is 9.69 Å². The molecule has 2 rings (SSSR count). The van der Waals surface area contributed by atoms with E-state index < -0.39 is 11.7 Å². The molecule has 3 nitrogen and oxygen atoms in total. The minimum Gasteiger partial charge on any atom is -0.340 e. The van der Waals surface area contributed by atoms with E-state index in [2.05, 4.69) is 0 Å². The first-order valence-electron chi connectivity index (χ1n) is 6.92. The molecule has 0 spiro atoms. The molecule has 1 aliphatic rings. The van der Waals surface area contributed by atoms with Crippen LogP contribution in [0.2, 0.25) is 0 Å². The van der Waals surface area contributed by atoms with Gasteiger partial charge < -0.3 is 4.90 Å². The van der Waals surface area contributed by atoms with Crippen LogP contribution in [0.1, 0.15) is 23.6 Å². The SMILES string of the molecule is CC(=O)N1CCN(Cc2ccc(C)cc2C(F)(F)F)CC1. The fourth-order valence-corrected chi connectivity index (χ4v) is 2.55. The molecule has 1 aliphatic heterocycles. The van der Waals surface area contributed by atoms with Crippen LogP contribution in [0.15, 0.2) is 18.2 Å². The number of nitrogens with zero attached hydrogens (tertiary/aromatic N) is 2. The van der Waals surface area contributed by atoms with Crippen LogP contribution in [0.25, 0.3) is 0 Å². The van der Waals surface area contributed by atoms with Crippen molar-refractivity contribution in [1.29, 1.82) is 0 Å². The summed E-state index contributed by atoms with van der Waals surface area (Å²) < 4.78 is 39.2. The van der Waals surface area contributed by atoms with E-state index >= 15 is 0 Å². The molecule has 0 aromatic heterocycles. The third-order valence-corrected chi connectivity index (χ3v) is 3.78. The van der Waals surface area contributed by atoms with Gasteiger partial charge in [-0.15, -0.1) is 0 Å². The fourth-order valence-electron chi connectivity index (χ4n) is 2.55. The highest BCUT2D eigenvalue weighted by atomic mass is 19.4. The zero-order valence-electron chi connectivity index (χ0n) is 12.2. The Hall–Kier alpha value is -1.56. The summed E-state index contributed by atoms with van der Waals surface area (Å²) in [4.78, 5) is 14.9. The highest BCUT2D eigenvalue weighted by Crippen LogP contribution is 2.33. The van der Waals surface area contributed by atoms with Gasteiger partial charge in [-0.1, -0.05) is 17.7 Å². The van der Waals surface area contributed by atoms with Gasteiger partial charge in [-0.05, 0) is 18.6 Å². The number of piperazine rings is 1. The normalized spacial score (nSPS) is 17.1. The summed E-state index contributed by atoms with van der Waals surface area (Å²) in [6.07, 6.45) is -4.33. The lowest BCUT2D eigenvalue weighted by molar-refractivity contribution is -0.138. The Bertz CT molecular complexity index is 520. The first-order chi connectivity index (χ1) is 9.77. The van der Waals surface area contributed by atoms with Crippen LogP contribution in [-0.2, 0) is 17.5 Å². The van der Waals surface area contributed by atoms with Gasteiger partial charge in [0.2, 0.25) is 5.91 Å². The average molecular weight is 300 g/mol. The van der Waals surface area contributed by atoms with E-state index in [4.69, 9.17) is 0 Å². The second-order valence-corrected chi connectivity index (χ2v) is 5.44. The van der Waals surface area contributed by atoms with Crippen molar-refractivity contribution in [3.63, 3.8) is 0 Å². The summed E-state index contributed by atoms with van der Waals surface area (Å²) in [5.41, 5.74) is 0.341. The monoisotopic (exact) mass is 300 g/mol. The van der Waals surface area contributed by atoms with Crippen molar-refractivity contribution >= 4 is 5.91 Å². The van der Waals surface area contributed by atoms with Crippen molar-refractivity contribution in [3.8, 4) is 0 Å². The molecule has 1 fully saturated rings. The van der Waals surface area contributed by atoms with Crippen molar-refractivity contribution in [2.45, 2.75) is 26.6 Å². The molecule has 0 bridgehead atoms. The Morgan fingerprint density at radius 1 is 1.19 bits per heavy atom. The predicted molar refractivity (Wildman–Crippen MR) is 73.7 cm³/mol. The highest BCUT2D eigenvalue weighted by molar-refractivity contribution is 5.73. The van der Waals surface area contributed by atoms with Gasteiger partial charge in [0, 0.05) is 39.6 Å². The van der Waals surface area contributed by atoms with Crippen LogP contribution in [0.5, 0.6) is 0 Å². The van der Waals surface area contributed by atoms with Crippen molar-refractivity contribution < 1.29 is 18.0 Å². The largest absolute Gasteiger partial charge is 0.416 e. The number of alkyl halides is 3. The maximum atomic E-state index is 13.1. The Labute approximate surface area is 122 Å². The number of benzene rings is 1. The van der Waals surface area contributed by atoms with E-state index in [-0.39, 0.29) is 12.5 Å². The van der Waals surface area contributed by atoms with E-state index in [1.165, 1.54) is 13.0 Å². The van der Waals surface area contributed by atoms with Crippen molar-refractivity contribution in [2.75, 3.05) is 26.2 Å². The quantitative estimate of drug-likeness (QED) is 0.838. The van der Waals surface area contributed by atoms with Crippen LogP contribution >= 0.6 is 0 Å². The standard InChI is InChI=1S/C15H19F3N2O/c1-11-3-4-13(14(9-11)15(16,17)18)10-19-5-7-20(8-6-19)12(2)21/h3-4,9H,5-8,10H2,1-2H3. The van der Waals surface area contributed by atoms with Crippen LogP contribution in [0, 0.1) is 6.92 Å². The number of halogens is 3. The van der Waals surface area contributed by atoms with E-state index in [0.29, 0.717) is 37.3 Å². The lowest BCUT2D eigenvalue weighted by atomic mass is 10.0. The van der Waals surface area contributed by atoms with E-state index in [1.54, 1.807) is 24.0 Å². The first-order valence-corrected chi connectivity index (χ1v) is 6.92. The maximum absolute atomic E-state index is 13.1. The fraction of sp³-hybridized carbons (Fsp3) is 0.533. The van der Waals surface area contributed by atoms with E-state index in [1.807, 2.05) is 4.90 Å². The molecule has 21 heavy (non-hydrogen) atoms. The zero-order chi connectivity index (χ0) is 15.6. The minimum atomic E-state index is -4.33. The van der Waals surface area contributed by atoms with Gasteiger partial charge >= 0.3 is 6.18 Å². The van der Waals surface area contributed by atoms with Crippen molar-refractivity contribution in [1.82, 2.24) is 9.80 Å². The number of carbonyl (C=O) groups excluding carboxylic acids is 1. The van der Waals surface area contributed by atoms with Crippen LogP contribution < -0.4 is 0 Å². The molecule has 0 unspecified atom stereocenters. The Morgan fingerprint density at radius 3 is 2.33 bits per heavy atom. The number of hydrogen-bond acceptors (Lipinski definition) is 2. The summed E-state index contributed by atoms with van der Waals surface area (Å²) >= 11 is 0. The summed E-state index contributed by atoms with van der Waals surface area (Å²) in [6.45, 7) is 5.78. The lowest BCUT2D eigenvalue weighted by Crippen LogP contribution is -2.47. The van der Waals surface area contributed by atoms with Gasteiger partial charge in [0.25, 0.3) is 0 Å².